The van der Waals surface area contributed by atoms with Crippen LogP contribution in [-0.4, -0.2) is 11.3 Å². The molecule has 0 atom stereocenters. The van der Waals surface area contributed by atoms with E-state index in [-0.39, 0.29) is 16.4 Å². The van der Waals surface area contributed by atoms with E-state index in [4.69, 9.17) is 17.3 Å². The molecule has 0 saturated heterocycles. The summed E-state index contributed by atoms with van der Waals surface area (Å²) in [6, 6.07) is 0. The van der Waals surface area contributed by atoms with Gasteiger partial charge in [-0.05, 0) is 0 Å². The topological polar surface area (TPSA) is 56.0 Å². The van der Waals surface area contributed by atoms with E-state index in [1.165, 1.54) is 0 Å². The summed E-state index contributed by atoms with van der Waals surface area (Å²) in [4.78, 5) is 13.6. The molecule has 1 heterocycles. The average Bonchev–Trinajstić information content (AvgIpc) is 2.01. The van der Waals surface area contributed by atoms with E-state index in [0.717, 1.165) is 6.20 Å². The van der Waals surface area contributed by atoms with Crippen molar-refractivity contribution in [3.05, 3.63) is 22.7 Å². The number of rotatable bonds is 1. The van der Waals surface area contributed by atoms with E-state index in [0.29, 0.717) is 6.29 Å². The summed E-state index contributed by atoms with van der Waals surface area (Å²) in [6.45, 7) is 0. The molecule has 0 radical (unpaired) electrons. The van der Waals surface area contributed by atoms with Crippen molar-refractivity contribution in [2.45, 2.75) is 0 Å². The van der Waals surface area contributed by atoms with Crippen LogP contribution >= 0.6 is 11.6 Å². The molecule has 0 aliphatic carbocycles. The second-order valence-corrected chi connectivity index (χ2v) is 2.21. The zero-order valence-electron chi connectivity index (χ0n) is 5.34. The first kappa shape index (κ1) is 7.94. The highest BCUT2D eigenvalue weighted by molar-refractivity contribution is 6.35. The number of aldehydes is 1. The summed E-state index contributed by atoms with van der Waals surface area (Å²) in [6.07, 6.45) is 1.27. The van der Waals surface area contributed by atoms with Gasteiger partial charge in [0.05, 0.1) is 16.9 Å². The molecule has 2 N–H and O–H groups in total. The number of aromatic nitrogens is 1. The largest absolute Gasteiger partial charge is 0.395 e. The number of nitrogens with zero attached hydrogens (tertiary/aromatic N) is 1. The van der Waals surface area contributed by atoms with Crippen molar-refractivity contribution >= 4 is 23.6 Å². The lowest BCUT2D eigenvalue weighted by Crippen LogP contribution is -1.97. The minimum Gasteiger partial charge on any atom is -0.395 e. The molecule has 0 aliphatic heterocycles. The standard InChI is InChI=1S/C6H4ClFN2O/c7-5-4(2-11)10-1-3(8)6(5)9/h1-2H,(H2,9,10). The predicted molar refractivity (Wildman–Crippen MR) is 39.0 cm³/mol. The highest BCUT2D eigenvalue weighted by Gasteiger charge is 2.08. The lowest BCUT2D eigenvalue weighted by atomic mass is 10.3. The fourth-order valence-corrected chi connectivity index (χ4v) is 0.761. The molecule has 58 valence electrons. The third-order valence-electron chi connectivity index (χ3n) is 1.15. The van der Waals surface area contributed by atoms with Crippen molar-refractivity contribution < 1.29 is 9.18 Å². The van der Waals surface area contributed by atoms with Crippen LogP contribution < -0.4 is 5.73 Å². The number of pyridine rings is 1. The summed E-state index contributed by atoms with van der Waals surface area (Å²) in [7, 11) is 0. The van der Waals surface area contributed by atoms with E-state index >= 15 is 0 Å². The number of carbonyl (C=O) groups excluding carboxylic acids is 1. The van der Waals surface area contributed by atoms with Crippen LogP contribution in [-0.2, 0) is 0 Å². The van der Waals surface area contributed by atoms with Crippen LogP contribution in [0, 0.1) is 5.82 Å². The van der Waals surface area contributed by atoms with E-state index < -0.39 is 5.82 Å². The maximum Gasteiger partial charge on any atom is 0.170 e. The summed E-state index contributed by atoms with van der Waals surface area (Å²) < 4.78 is 12.5. The van der Waals surface area contributed by atoms with Crippen molar-refractivity contribution in [2.24, 2.45) is 0 Å². The molecule has 0 bridgehead atoms. The Morgan fingerprint density at radius 3 is 2.91 bits per heavy atom. The number of halogens is 2. The average molecular weight is 175 g/mol. The van der Waals surface area contributed by atoms with Crippen LogP contribution in [0.15, 0.2) is 6.20 Å². The zero-order valence-corrected chi connectivity index (χ0v) is 6.10. The second-order valence-electron chi connectivity index (χ2n) is 1.84. The van der Waals surface area contributed by atoms with Crippen LogP contribution in [0.1, 0.15) is 10.5 Å². The number of nitrogens with two attached hydrogens (primary N) is 1. The molecule has 5 heteroatoms. The minimum atomic E-state index is -0.722. The van der Waals surface area contributed by atoms with E-state index in [1.54, 1.807) is 0 Å². The maximum absolute atomic E-state index is 12.5. The Labute approximate surface area is 67.0 Å². The van der Waals surface area contributed by atoms with E-state index in [9.17, 15) is 9.18 Å². The first-order chi connectivity index (χ1) is 5.16. The van der Waals surface area contributed by atoms with Gasteiger partial charge in [0.25, 0.3) is 0 Å². The number of hydrogen-bond donors (Lipinski definition) is 1. The Hall–Kier alpha value is -1.16. The molecular weight excluding hydrogens is 171 g/mol. The molecular formula is C6H4ClFN2O. The number of carbonyl (C=O) groups is 1. The quantitative estimate of drug-likeness (QED) is 0.653. The smallest absolute Gasteiger partial charge is 0.170 e. The van der Waals surface area contributed by atoms with Gasteiger partial charge in [-0.2, -0.15) is 0 Å². The molecule has 0 saturated carbocycles. The van der Waals surface area contributed by atoms with Crippen molar-refractivity contribution in [2.75, 3.05) is 5.73 Å². The fourth-order valence-electron chi connectivity index (χ4n) is 0.577. The van der Waals surface area contributed by atoms with Crippen LogP contribution in [0.4, 0.5) is 10.1 Å². The Bertz CT molecular complexity index is 303. The summed E-state index contributed by atoms with van der Waals surface area (Å²) >= 11 is 5.44. The van der Waals surface area contributed by atoms with Gasteiger partial charge in [-0.3, -0.25) is 4.79 Å². The van der Waals surface area contributed by atoms with Crippen LogP contribution in [0.25, 0.3) is 0 Å². The Kier molecular flexibility index (Phi) is 2.05. The van der Waals surface area contributed by atoms with Crippen molar-refractivity contribution in [1.82, 2.24) is 4.98 Å². The Morgan fingerprint density at radius 1 is 1.73 bits per heavy atom. The summed E-state index contributed by atoms with van der Waals surface area (Å²) in [5.41, 5.74) is 4.86. The highest BCUT2D eigenvalue weighted by Crippen LogP contribution is 2.22. The molecule has 0 unspecified atom stereocenters. The van der Waals surface area contributed by atoms with Gasteiger partial charge < -0.3 is 5.73 Å². The van der Waals surface area contributed by atoms with Crippen molar-refractivity contribution in [1.29, 1.82) is 0 Å². The SMILES string of the molecule is Nc1c(F)cnc(C=O)c1Cl. The van der Waals surface area contributed by atoms with Gasteiger partial charge in [-0.15, -0.1) is 0 Å². The summed E-state index contributed by atoms with van der Waals surface area (Å²) in [5, 5.41) is -0.139. The van der Waals surface area contributed by atoms with Gasteiger partial charge >= 0.3 is 0 Å². The van der Waals surface area contributed by atoms with Crippen molar-refractivity contribution in [3.8, 4) is 0 Å². The maximum atomic E-state index is 12.5. The molecule has 11 heavy (non-hydrogen) atoms. The van der Waals surface area contributed by atoms with Crippen LogP contribution in [0.5, 0.6) is 0 Å². The first-order valence-electron chi connectivity index (χ1n) is 2.71. The van der Waals surface area contributed by atoms with Gasteiger partial charge in [-0.25, -0.2) is 9.37 Å². The monoisotopic (exact) mass is 174 g/mol. The molecule has 1 rings (SSSR count). The lowest BCUT2D eigenvalue weighted by Gasteiger charge is -1.99. The highest BCUT2D eigenvalue weighted by atomic mass is 35.5. The Balaban J connectivity index is 3.36. The molecule has 0 aliphatic rings. The third-order valence-corrected chi connectivity index (χ3v) is 1.54. The molecule has 3 nitrogen and oxygen atoms in total. The Morgan fingerprint density at radius 2 is 2.36 bits per heavy atom. The van der Waals surface area contributed by atoms with Gasteiger partial charge in [-0.1, -0.05) is 11.6 Å². The van der Waals surface area contributed by atoms with Crippen LogP contribution in [0.3, 0.4) is 0 Å². The van der Waals surface area contributed by atoms with Crippen molar-refractivity contribution in [3.63, 3.8) is 0 Å². The van der Waals surface area contributed by atoms with Gasteiger partial charge in [0.15, 0.2) is 12.1 Å². The normalized spacial score (nSPS) is 9.64. The second kappa shape index (κ2) is 2.84. The first-order valence-corrected chi connectivity index (χ1v) is 3.09. The fraction of sp³-hybridized carbons (Fsp3) is 0. The third kappa shape index (κ3) is 1.30. The molecule has 0 aromatic carbocycles. The summed E-state index contributed by atoms with van der Waals surface area (Å²) in [5.74, 6) is -0.722. The number of anilines is 1. The molecule has 0 spiro atoms. The molecule has 0 fully saturated rings. The molecule has 1 aromatic rings. The van der Waals surface area contributed by atoms with Gasteiger partial charge in [0, 0.05) is 0 Å². The van der Waals surface area contributed by atoms with Gasteiger partial charge in [0.2, 0.25) is 0 Å². The number of nitrogen functional groups attached to an aromatic ring is 1. The predicted octanol–water partition coefficient (Wildman–Crippen LogP) is 1.27. The van der Waals surface area contributed by atoms with E-state index in [2.05, 4.69) is 4.98 Å². The van der Waals surface area contributed by atoms with Crippen LogP contribution in [0.2, 0.25) is 5.02 Å². The molecule has 0 amide bonds. The lowest BCUT2D eigenvalue weighted by molar-refractivity contribution is 0.111. The zero-order chi connectivity index (χ0) is 8.43. The number of hydrogen-bond acceptors (Lipinski definition) is 3. The van der Waals surface area contributed by atoms with Gasteiger partial charge in [0.1, 0.15) is 5.69 Å². The van der Waals surface area contributed by atoms with E-state index in [1.807, 2.05) is 0 Å². The minimum absolute atomic E-state index is 0.0504. The molecule has 1 aromatic heterocycles.